The molecule has 0 aliphatic rings. The van der Waals surface area contributed by atoms with Crippen LogP contribution < -0.4 is 0 Å². The highest BCUT2D eigenvalue weighted by Crippen LogP contribution is 2.18. The van der Waals surface area contributed by atoms with Crippen molar-refractivity contribution in [2.24, 2.45) is 0 Å². The summed E-state index contributed by atoms with van der Waals surface area (Å²) in [6.45, 7) is 5.44. The van der Waals surface area contributed by atoms with Gasteiger partial charge in [-0.15, -0.1) is 0 Å². The first-order valence-electron chi connectivity index (χ1n) is 7.94. The molecule has 2 aromatic rings. The summed E-state index contributed by atoms with van der Waals surface area (Å²) in [7, 11) is 0. The second-order valence-corrected chi connectivity index (χ2v) is 6.62. The monoisotopic (exact) mass is 338 g/mol. The number of rotatable bonds is 4. The molecule has 0 fully saturated rings. The van der Waals surface area contributed by atoms with E-state index in [0.717, 1.165) is 11.1 Å². The summed E-state index contributed by atoms with van der Waals surface area (Å²) in [6.07, 6.45) is 5.15. The number of hydrogen-bond acceptors (Lipinski definition) is 4. The van der Waals surface area contributed by atoms with Crippen LogP contribution in [0.25, 0.3) is 12.2 Å². The molecule has 130 valence electrons. The molecule has 0 aliphatic carbocycles. The molecular weight excluding hydrogens is 316 g/mol. The van der Waals surface area contributed by atoms with Gasteiger partial charge in [0.25, 0.3) is 0 Å². The van der Waals surface area contributed by atoms with E-state index >= 15 is 0 Å². The van der Waals surface area contributed by atoms with Gasteiger partial charge in [0.2, 0.25) is 0 Å². The highest BCUT2D eigenvalue weighted by atomic mass is 16.6. The topological polar surface area (TPSA) is 66.8 Å². The van der Waals surface area contributed by atoms with E-state index in [0.29, 0.717) is 5.57 Å². The fourth-order valence-electron chi connectivity index (χ4n) is 2.03. The molecule has 0 unspecified atom stereocenters. The van der Waals surface area contributed by atoms with Gasteiger partial charge in [0.05, 0.1) is 5.57 Å². The van der Waals surface area contributed by atoms with Gasteiger partial charge in [-0.25, -0.2) is 4.79 Å². The average Bonchev–Trinajstić information content (AvgIpc) is 2.53. The Balaban J connectivity index is 2.32. The number of carbonyl (C=O) groups excluding carboxylic acids is 1. The van der Waals surface area contributed by atoms with Crippen molar-refractivity contribution < 1.29 is 19.7 Å². The van der Waals surface area contributed by atoms with Gasteiger partial charge in [-0.3, -0.25) is 0 Å². The molecule has 4 heteroatoms. The second-order valence-electron chi connectivity index (χ2n) is 6.62. The standard InChI is InChI=1S/C21H22O4/c1-21(2,3)25-20(24)17(14-16-7-12-19(23)13-8-16)9-4-15-5-10-18(22)11-6-15/h4-14,22-23H,1-3H3. The zero-order valence-corrected chi connectivity index (χ0v) is 14.6. The third-order valence-corrected chi connectivity index (χ3v) is 3.20. The molecule has 0 saturated carbocycles. The minimum atomic E-state index is -0.600. The summed E-state index contributed by atoms with van der Waals surface area (Å²) in [4.78, 5) is 12.5. The fraction of sp³-hybridized carbons (Fsp3) is 0.190. The van der Waals surface area contributed by atoms with Crippen LogP contribution in [0.5, 0.6) is 11.5 Å². The van der Waals surface area contributed by atoms with Crippen LogP contribution in [-0.4, -0.2) is 21.8 Å². The van der Waals surface area contributed by atoms with Crippen LogP contribution in [0.4, 0.5) is 0 Å². The molecule has 0 atom stereocenters. The lowest BCUT2D eigenvalue weighted by atomic mass is 10.1. The fourth-order valence-corrected chi connectivity index (χ4v) is 2.03. The first-order valence-corrected chi connectivity index (χ1v) is 7.94. The van der Waals surface area contributed by atoms with Gasteiger partial charge in [-0.05, 0) is 68.3 Å². The molecule has 4 nitrogen and oxygen atoms in total. The first-order chi connectivity index (χ1) is 11.7. The molecule has 0 aromatic heterocycles. The van der Waals surface area contributed by atoms with Crippen LogP contribution in [0.3, 0.4) is 0 Å². The number of phenols is 2. The number of benzene rings is 2. The molecule has 0 spiro atoms. The maximum atomic E-state index is 12.5. The molecule has 2 rings (SSSR count). The van der Waals surface area contributed by atoms with Crippen LogP contribution in [0.1, 0.15) is 31.9 Å². The Bertz CT molecular complexity index is 776. The Morgan fingerprint density at radius 2 is 1.36 bits per heavy atom. The van der Waals surface area contributed by atoms with Crippen molar-refractivity contribution in [2.75, 3.05) is 0 Å². The normalized spacial score (nSPS) is 12.4. The Labute approximate surface area is 147 Å². The Hall–Kier alpha value is -3.01. The molecule has 2 aromatic carbocycles. The van der Waals surface area contributed by atoms with Crippen molar-refractivity contribution in [1.82, 2.24) is 0 Å². The quantitative estimate of drug-likeness (QED) is 0.488. The van der Waals surface area contributed by atoms with Crippen molar-refractivity contribution in [3.05, 3.63) is 71.3 Å². The summed E-state index contributed by atoms with van der Waals surface area (Å²) in [5, 5.41) is 18.7. The number of hydrogen-bond donors (Lipinski definition) is 2. The molecule has 0 radical (unpaired) electrons. The van der Waals surface area contributed by atoms with Crippen LogP contribution in [-0.2, 0) is 9.53 Å². The van der Waals surface area contributed by atoms with Crippen molar-refractivity contribution in [3.8, 4) is 11.5 Å². The van der Waals surface area contributed by atoms with Crippen molar-refractivity contribution in [3.63, 3.8) is 0 Å². The lowest BCUT2D eigenvalue weighted by Gasteiger charge is -2.19. The largest absolute Gasteiger partial charge is 0.508 e. The number of esters is 1. The number of aromatic hydroxyl groups is 2. The summed E-state index contributed by atoms with van der Waals surface area (Å²) < 4.78 is 5.46. The van der Waals surface area contributed by atoms with E-state index in [1.54, 1.807) is 66.8 Å². The minimum Gasteiger partial charge on any atom is -0.508 e. The Morgan fingerprint density at radius 3 is 1.84 bits per heavy atom. The number of phenolic OH excluding ortho intramolecular Hbond substituents is 2. The van der Waals surface area contributed by atoms with Gasteiger partial charge in [0.15, 0.2) is 0 Å². The number of carbonyl (C=O) groups is 1. The smallest absolute Gasteiger partial charge is 0.338 e. The molecular formula is C21H22O4. The minimum absolute atomic E-state index is 0.163. The van der Waals surface area contributed by atoms with Crippen LogP contribution in [0, 0.1) is 0 Å². The molecule has 25 heavy (non-hydrogen) atoms. The van der Waals surface area contributed by atoms with E-state index in [1.165, 1.54) is 0 Å². The van der Waals surface area contributed by atoms with Gasteiger partial charge >= 0.3 is 5.97 Å². The zero-order chi connectivity index (χ0) is 18.4. The average molecular weight is 338 g/mol. The molecule has 0 heterocycles. The van der Waals surface area contributed by atoms with E-state index in [2.05, 4.69) is 0 Å². The van der Waals surface area contributed by atoms with E-state index in [1.807, 2.05) is 20.8 Å². The molecule has 0 saturated heterocycles. The Kier molecular flexibility index (Phi) is 5.65. The van der Waals surface area contributed by atoms with Gasteiger partial charge in [0.1, 0.15) is 17.1 Å². The van der Waals surface area contributed by atoms with Gasteiger partial charge < -0.3 is 14.9 Å². The van der Waals surface area contributed by atoms with Gasteiger partial charge in [-0.2, -0.15) is 0 Å². The van der Waals surface area contributed by atoms with Crippen LogP contribution in [0.2, 0.25) is 0 Å². The Morgan fingerprint density at radius 1 is 0.880 bits per heavy atom. The predicted octanol–water partition coefficient (Wildman–Crippen LogP) is 4.54. The van der Waals surface area contributed by atoms with E-state index in [9.17, 15) is 15.0 Å². The van der Waals surface area contributed by atoms with E-state index < -0.39 is 11.6 Å². The van der Waals surface area contributed by atoms with Crippen molar-refractivity contribution in [2.45, 2.75) is 26.4 Å². The lowest BCUT2D eigenvalue weighted by Crippen LogP contribution is -2.24. The SMILES string of the molecule is CC(C)(C)OC(=O)C(C=Cc1ccc(O)cc1)=Cc1ccc(O)cc1. The van der Waals surface area contributed by atoms with Gasteiger partial charge in [-0.1, -0.05) is 30.3 Å². The zero-order valence-electron chi connectivity index (χ0n) is 14.6. The van der Waals surface area contributed by atoms with Gasteiger partial charge in [0, 0.05) is 0 Å². The maximum absolute atomic E-state index is 12.5. The second kappa shape index (κ2) is 7.71. The van der Waals surface area contributed by atoms with E-state index in [4.69, 9.17) is 4.74 Å². The van der Waals surface area contributed by atoms with E-state index in [-0.39, 0.29) is 11.5 Å². The molecule has 0 aliphatic heterocycles. The highest BCUT2D eigenvalue weighted by molar-refractivity contribution is 5.98. The maximum Gasteiger partial charge on any atom is 0.338 e. The summed E-state index contributed by atoms with van der Waals surface area (Å²) >= 11 is 0. The number of ether oxygens (including phenoxy) is 1. The lowest BCUT2D eigenvalue weighted by molar-refractivity contribution is -0.149. The first kappa shape index (κ1) is 18.3. The molecule has 0 bridgehead atoms. The van der Waals surface area contributed by atoms with Crippen LogP contribution >= 0.6 is 0 Å². The summed E-state index contributed by atoms with van der Waals surface area (Å²) in [5.74, 6) is -0.0876. The summed E-state index contributed by atoms with van der Waals surface area (Å²) in [5.41, 5.74) is 1.40. The van der Waals surface area contributed by atoms with Crippen molar-refractivity contribution in [1.29, 1.82) is 0 Å². The van der Waals surface area contributed by atoms with Crippen LogP contribution in [0.15, 0.2) is 60.2 Å². The molecule has 0 amide bonds. The van der Waals surface area contributed by atoms with Crippen molar-refractivity contribution >= 4 is 18.1 Å². The summed E-state index contributed by atoms with van der Waals surface area (Å²) in [6, 6.07) is 13.2. The third-order valence-electron chi connectivity index (χ3n) is 3.20. The highest BCUT2D eigenvalue weighted by Gasteiger charge is 2.18. The third kappa shape index (κ3) is 6.18. The predicted molar refractivity (Wildman–Crippen MR) is 99.1 cm³/mol. The molecule has 2 N–H and O–H groups in total.